The van der Waals surface area contributed by atoms with Crippen LogP contribution in [0.3, 0.4) is 0 Å². The van der Waals surface area contributed by atoms with Crippen molar-refractivity contribution in [1.82, 2.24) is 5.32 Å². The van der Waals surface area contributed by atoms with Crippen LogP contribution in [0.1, 0.15) is 56.6 Å². The molecular formula is C17H23F2NO. The highest BCUT2D eigenvalue weighted by atomic mass is 19.1. The van der Waals surface area contributed by atoms with Crippen LogP contribution in [0, 0.1) is 17.0 Å². The molecule has 1 aromatic carbocycles. The fourth-order valence-electron chi connectivity index (χ4n) is 4.09. The summed E-state index contributed by atoms with van der Waals surface area (Å²) in [7, 11) is 0. The average Bonchev–Trinajstić information content (AvgIpc) is 3.08. The third kappa shape index (κ3) is 3.27. The number of aliphatic hydroxyl groups excluding tert-OH is 1. The Kier molecular flexibility index (Phi) is 4.27. The molecule has 4 heteroatoms. The molecule has 2 fully saturated rings. The van der Waals surface area contributed by atoms with Gasteiger partial charge >= 0.3 is 0 Å². The first-order valence-corrected chi connectivity index (χ1v) is 7.93. The van der Waals surface area contributed by atoms with Crippen LogP contribution in [0.2, 0.25) is 0 Å². The zero-order valence-corrected chi connectivity index (χ0v) is 12.2. The molecule has 3 rings (SSSR count). The summed E-state index contributed by atoms with van der Waals surface area (Å²) in [6.45, 7) is 0.254. The predicted octanol–water partition coefficient (Wildman–Crippen LogP) is 3.70. The molecule has 1 aromatic rings. The molecule has 21 heavy (non-hydrogen) atoms. The number of nitrogens with one attached hydrogen (secondary N) is 1. The predicted molar refractivity (Wildman–Crippen MR) is 77.9 cm³/mol. The van der Waals surface area contributed by atoms with Gasteiger partial charge in [0, 0.05) is 24.8 Å². The van der Waals surface area contributed by atoms with Gasteiger partial charge in [0.2, 0.25) is 0 Å². The van der Waals surface area contributed by atoms with Gasteiger partial charge in [-0.3, -0.25) is 0 Å². The molecule has 0 bridgehead atoms. The minimum atomic E-state index is -0.516. The summed E-state index contributed by atoms with van der Waals surface area (Å²) in [5.41, 5.74) is 0.763. The van der Waals surface area contributed by atoms with E-state index in [0.29, 0.717) is 11.6 Å². The van der Waals surface area contributed by atoms with Crippen LogP contribution >= 0.6 is 0 Å². The Labute approximate surface area is 124 Å². The van der Waals surface area contributed by atoms with E-state index in [9.17, 15) is 13.9 Å². The second-order valence-corrected chi connectivity index (χ2v) is 6.77. The third-order valence-corrected chi connectivity index (χ3v) is 5.21. The van der Waals surface area contributed by atoms with Crippen LogP contribution in [0.25, 0.3) is 0 Å². The molecule has 2 atom stereocenters. The fourth-order valence-corrected chi connectivity index (χ4v) is 4.09. The lowest BCUT2D eigenvalue weighted by Gasteiger charge is -2.30. The first kappa shape index (κ1) is 14.9. The van der Waals surface area contributed by atoms with Crippen LogP contribution in [-0.4, -0.2) is 17.8 Å². The third-order valence-electron chi connectivity index (χ3n) is 5.21. The van der Waals surface area contributed by atoms with Crippen LogP contribution in [0.5, 0.6) is 0 Å². The monoisotopic (exact) mass is 295 g/mol. The van der Waals surface area contributed by atoms with E-state index in [2.05, 4.69) is 5.32 Å². The van der Waals surface area contributed by atoms with Gasteiger partial charge in [0.25, 0.3) is 0 Å². The number of rotatable bonds is 4. The largest absolute Gasteiger partial charge is 0.396 e. The van der Waals surface area contributed by atoms with E-state index < -0.39 is 11.6 Å². The minimum Gasteiger partial charge on any atom is -0.396 e. The maximum atomic E-state index is 13.3. The number of benzene rings is 1. The molecule has 1 unspecified atom stereocenters. The van der Waals surface area contributed by atoms with Crippen LogP contribution in [-0.2, 0) is 0 Å². The zero-order valence-electron chi connectivity index (χ0n) is 12.2. The quantitative estimate of drug-likeness (QED) is 0.887. The number of aliphatic hydroxyl groups is 1. The molecule has 2 nitrogen and oxygen atoms in total. The molecule has 2 N–H and O–H groups in total. The molecule has 1 saturated carbocycles. The summed E-state index contributed by atoms with van der Waals surface area (Å²) in [6.07, 6.45) is 7.47. The Morgan fingerprint density at radius 1 is 1.10 bits per heavy atom. The Balaban J connectivity index is 1.65. The van der Waals surface area contributed by atoms with Gasteiger partial charge in [0.1, 0.15) is 11.6 Å². The molecular weight excluding hydrogens is 272 g/mol. The SMILES string of the molecule is OCC1(CC2CC[C@H](c3cc(F)cc(F)c3)N2)CCCC1. The van der Waals surface area contributed by atoms with Crippen LogP contribution < -0.4 is 5.32 Å². The maximum Gasteiger partial charge on any atom is 0.126 e. The van der Waals surface area contributed by atoms with E-state index in [4.69, 9.17) is 0 Å². The minimum absolute atomic E-state index is 0.0253. The molecule has 1 saturated heterocycles. The van der Waals surface area contributed by atoms with E-state index >= 15 is 0 Å². The summed E-state index contributed by atoms with van der Waals surface area (Å²) >= 11 is 0. The smallest absolute Gasteiger partial charge is 0.126 e. The molecule has 0 spiro atoms. The summed E-state index contributed by atoms with van der Waals surface area (Å²) in [4.78, 5) is 0. The molecule has 1 heterocycles. The van der Waals surface area contributed by atoms with E-state index in [1.807, 2.05) is 0 Å². The molecule has 0 radical (unpaired) electrons. The highest BCUT2D eigenvalue weighted by Crippen LogP contribution is 2.43. The van der Waals surface area contributed by atoms with Crippen molar-refractivity contribution in [1.29, 1.82) is 0 Å². The molecule has 0 amide bonds. The molecule has 2 aliphatic rings. The van der Waals surface area contributed by atoms with E-state index in [0.717, 1.165) is 38.2 Å². The molecule has 1 aliphatic heterocycles. The lowest BCUT2D eigenvalue weighted by Crippen LogP contribution is -2.33. The molecule has 1 aliphatic carbocycles. The van der Waals surface area contributed by atoms with Crippen molar-refractivity contribution in [3.63, 3.8) is 0 Å². The van der Waals surface area contributed by atoms with Crippen molar-refractivity contribution in [2.45, 2.75) is 57.0 Å². The number of halogens is 2. The maximum absolute atomic E-state index is 13.3. The van der Waals surface area contributed by atoms with Gasteiger partial charge in [-0.1, -0.05) is 12.8 Å². The van der Waals surface area contributed by atoms with Crippen molar-refractivity contribution in [3.05, 3.63) is 35.4 Å². The van der Waals surface area contributed by atoms with Crippen molar-refractivity contribution in [3.8, 4) is 0 Å². The lowest BCUT2D eigenvalue weighted by atomic mass is 9.80. The van der Waals surface area contributed by atoms with Gasteiger partial charge in [0.05, 0.1) is 0 Å². The first-order chi connectivity index (χ1) is 10.1. The van der Waals surface area contributed by atoms with Crippen molar-refractivity contribution < 1.29 is 13.9 Å². The second kappa shape index (κ2) is 6.01. The van der Waals surface area contributed by atoms with Crippen molar-refractivity contribution in [2.24, 2.45) is 5.41 Å². The summed E-state index contributed by atoms with van der Waals surface area (Å²) in [5.74, 6) is -1.03. The lowest BCUT2D eigenvalue weighted by molar-refractivity contribution is 0.110. The van der Waals surface area contributed by atoms with Crippen molar-refractivity contribution in [2.75, 3.05) is 6.61 Å². The van der Waals surface area contributed by atoms with E-state index in [-0.39, 0.29) is 18.1 Å². The number of hydrogen-bond donors (Lipinski definition) is 2. The normalized spacial score (nSPS) is 28.1. The molecule has 116 valence electrons. The molecule has 0 aromatic heterocycles. The van der Waals surface area contributed by atoms with Gasteiger partial charge < -0.3 is 10.4 Å². The first-order valence-electron chi connectivity index (χ1n) is 7.93. The summed E-state index contributed by atoms with van der Waals surface area (Å²) in [6, 6.07) is 4.11. The van der Waals surface area contributed by atoms with E-state index in [1.54, 1.807) is 0 Å². The Morgan fingerprint density at radius 3 is 2.38 bits per heavy atom. The van der Waals surface area contributed by atoms with Crippen LogP contribution in [0.4, 0.5) is 8.78 Å². The van der Waals surface area contributed by atoms with Gasteiger partial charge in [-0.25, -0.2) is 8.78 Å². The summed E-state index contributed by atoms with van der Waals surface area (Å²) in [5, 5.41) is 13.2. The van der Waals surface area contributed by atoms with Crippen LogP contribution in [0.15, 0.2) is 18.2 Å². The average molecular weight is 295 g/mol. The van der Waals surface area contributed by atoms with Gasteiger partial charge in [0.15, 0.2) is 0 Å². The Morgan fingerprint density at radius 2 is 1.76 bits per heavy atom. The van der Waals surface area contributed by atoms with Crippen molar-refractivity contribution >= 4 is 0 Å². The van der Waals surface area contributed by atoms with E-state index in [1.165, 1.54) is 25.0 Å². The zero-order chi connectivity index (χ0) is 14.9. The van der Waals surface area contributed by atoms with Gasteiger partial charge in [-0.05, 0) is 55.2 Å². The van der Waals surface area contributed by atoms with Gasteiger partial charge in [-0.15, -0.1) is 0 Å². The highest BCUT2D eigenvalue weighted by Gasteiger charge is 2.37. The topological polar surface area (TPSA) is 32.3 Å². The Hall–Kier alpha value is -1.00. The highest BCUT2D eigenvalue weighted by molar-refractivity contribution is 5.22. The standard InChI is InChI=1S/C17H23F2NO/c18-13-7-12(8-14(19)9-13)16-4-3-15(20-16)10-17(11-21)5-1-2-6-17/h7-9,15-16,20-21H,1-6,10-11H2/t15?,16-/m1/s1. The fraction of sp³-hybridized carbons (Fsp3) is 0.647. The second-order valence-electron chi connectivity index (χ2n) is 6.77. The van der Waals surface area contributed by atoms with Gasteiger partial charge in [-0.2, -0.15) is 0 Å². The Bertz CT molecular complexity index is 479. The summed E-state index contributed by atoms with van der Waals surface area (Å²) < 4.78 is 26.6. The number of hydrogen-bond acceptors (Lipinski definition) is 2.